The largest absolute Gasteiger partial charge is 0.301 e. The van der Waals surface area contributed by atoms with E-state index in [2.05, 4.69) is 111 Å². The van der Waals surface area contributed by atoms with Crippen molar-refractivity contribution >= 4 is 22.8 Å². The van der Waals surface area contributed by atoms with Gasteiger partial charge in [0.2, 0.25) is 0 Å². The first-order valence-electron chi connectivity index (χ1n) is 11.6. The van der Waals surface area contributed by atoms with E-state index < -0.39 is 0 Å². The third-order valence-corrected chi connectivity index (χ3v) is 6.11. The molecule has 2 rings (SSSR count). The lowest BCUT2D eigenvalue weighted by Gasteiger charge is -2.22. The monoisotopic (exact) mass is 419 g/mol. The van der Waals surface area contributed by atoms with Crippen LogP contribution in [0.1, 0.15) is 89.5 Å². The summed E-state index contributed by atoms with van der Waals surface area (Å²) in [5.74, 6) is 0.887. The first-order valence-corrected chi connectivity index (χ1v) is 11.6. The molecule has 0 saturated heterocycles. The van der Waals surface area contributed by atoms with Gasteiger partial charge in [-0.3, -0.25) is 9.98 Å². The van der Waals surface area contributed by atoms with Crippen molar-refractivity contribution in [3.8, 4) is 0 Å². The molecular weight excluding hydrogens is 378 g/mol. The quantitative estimate of drug-likeness (QED) is 0.435. The van der Waals surface area contributed by atoms with Gasteiger partial charge in [-0.2, -0.15) is 0 Å². The second-order valence-corrected chi connectivity index (χ2v) is 9.45. The minimum atomic E-state index is 0.151. The molecule has 1 N–H and O–H groups in total. The minimum Gasteiger partial charge on any atom is -0.301 e. The molecule has 0 aromatic heterocycles. The molecule has 3 nitrogen and oxygen atoms in total. The lowest BCUT2D eigenvalue weighted by Crippen LogP contribution is -2.42. The molecule has 0 spiro atoms. The van der Waals surface area contributed by atoms with Crippen molar-refractivity contribution < 1.29 is 0 Å². The van der Waals surface area contributed by atoms with E-state index in [0.717, 1.165) is 22.8 Å². The molecule has 0 amide bonds. The van der Waals surface area contributed by atoms with E-state index in [0.29, 0.717) is 11.8 Å². The van der Waals surface area contributed by atoms with Crippen molar-refractivity contribution in [2.24, 2.45) is 9.98 Å². The molecule has 2 aromatic carbocycles. The molecule has 2 unspecified atom stereocenters. The average Bonchev–Trinajstić information content (AvgIpc) is 2.70. The Morgan fingerprint density at radius 2 is 1.03 bits per heavy atom. The van der Waals surface area contributed by atoms with Gasteiger partial charge >= 0.3 is 0 Å². The summed E-state index contributed by atoms with van der Waals surface area (Å²) >= 11 is 0. The topological polar surface area (TPSA) is 36.8 Å². The highest BCUT2D eigenvalue weighted by Gasteiger charge is 2.17. The molecule has 2 aromatic rings. The minimum absolute atomic E-state index is 0.151. The summed E-state index contributed by atoms with van der Waals surface area (Å²) in [7, 11) is 0. The second kappa shape index (κ2) is 10.9. The summed E-state index contributed by atoms with van der Waals surface area (Å²) in [4.78, 5) is 10.1. The van der Waals surface area contributed by atoms with Gasteiger partial charge in [-0.15, -0.1) is 0 Å². The molecule has 0 fully saturated rings. The van der Waals surface area contributed by atoms with Gasteiger partial charge in [-0.25, -0.2) is 0 Å². The van der Waals surface area contributed by atoms with Crippen molar-refractivity contribution in [3.05, 3.63) is 58.7 Å². The summed E-state index contributed by atoms with van der Waals surface area (Å²) in [5.41, 5.74) is 9.47. The summed E-state index contributed by atoms with van der Waals surface area (Å²) < 4.78 is 0. The predicted molar refractivity (Wildman–Crippen MR) is 138 cm³/mol. The van der Waals surface area contributed by atoms with Gasteiger partial charge in [0.25, 0.3) is 0 Å². The number of aryl methyl sites for hydroxylation is 2. The van der Waals surface area contributed by atoms with Gasteiger partial charge in [0.15, 0.2) is 0 Å². The third kappa shape index (κ3) is 6.36. The number of benzene rings is 2. The van der Waals surface area contributed by atoms with Crippen LogP contribution >= 0.6 is 0 Å². The summed E-state index contributed by atoms with van der Waals surface area (Å²) in [6.45, 7) is 21.8. The third-order valence-electron chi connectivity index (χ3n) is 6.11. The van der Waals surface area contributed by atoms with Crippen LogP contribution in [0.15, 0.2) is 46.4 Å². The lowest BCUT2D eigenvalue weighted by molar-refractivity contribution is 0.624. The van der Waals surface area contributed by atoms with Crippen LogP contribution in [0.4, 0.5) is 11.4 Å². The Labute approximate surface area is 190 Å². The maximum Gasteiger partial charge on any atom is 0.0698 e. The lowest BCUT2D eigenvalue weighted by atomic mass is 9.93. The highest BCUT2D eigenvalue weighted by molar-refractivity contribution is 5.93. The van der Waals surface area contributed by atoms with E-state index in [1.165, 1.54) is 22.3 Å². The fraction of sp³-hybridized carbons (Fsp3) is 0.500. The smallest absolute Gasteiger partial charge is 0.0698 e. The molecule has 0 radical (unpaired) electrons. The Morgan fingerprint density at radius 1 is 0.645 bits per heavy atom. The molecule has 0 aliphatic heterocycles. The maximum atomic E-state index is 5.14. The number of hydrogen-bond donors (Lipinski definition) is 1. The van der Waals surface area contributed by atoms with E-state index in [9.17, 15) is 0 Å². The van der Waals surface area contributed by atoms with Gasteiger partial charge in [-0.1, -0.05) is 64.1 Å². The zero-order valence-electron chi connectivity index (χ0n) is 21.2. The number of nitrogens with one attached hydrogen (secondary N) is 1. The molecule has 168 valence electrons. The SMILES string of the molecule is CC(=Nc1c(C)cccc1C)C(C)NC(C)C(C)=Nc1c(C(C)C)cccc1C(C)C. The van der Waals surface area contributed by atoms with Crippen molar-refractivity contribution in [3.63, 3.8) is 0 Å². The van der Waals surface area contributed by atoms with Crippen molar-refractivity contribution in [1.29, 1.82) is 0 Å². The van der Waals surface area contributed by atoms with Crippen LogP contribution in [0.25, 0.3) is 0 Å². The van der Waals surface area contributed by atoms with E-state index in [1.807, 2.05) is 0 Å². The Bertz CT molecular complexity index is 904. The Morgan fingerprint density at radius 3 is 1.45 bits per heavy atom. The van der Waals surface area contributed by atoms with Gasteiger partial charge in [0, 0.05) is 23.5 Å². The van der Waals surface area contributed by atoms with E-state index >= 15 is 0 Å². The molecule has 0 heterocycles. The number of hydrogen-bond acceptors (Lipinski definition) is 3. The summed E-state index contributed by atoms with van der Waals surface area (Å²) in [6, 6.07) is 13.2. The van der Waals surface area contributed by atoms with E-state index in [1.54, 1.807) is 0 Å². The van der Waals surface area contributed by atoms with Gasteiger partial charge in [0.05, 0.1) is 11.4 Å². The van der Waals surface area contributed by atoms with Crippen LogP contribution in [-0.4, -0.2) is 23.5 Å². The fourth-order valence-electron chi connectivity index (χ4n) is 3.79. The molecule has 0 aliphatic rings. The van der Waals surface area contributed by atoms with Gasteiger partial charge in [0.1, 0.15) is 0 Å². The normalized spacial score (nSPS) is 15.0. The molecule has 0 aliphatic carbocycles. The molecule has 31 heavy (non-hydrogen) atoms. The number of rotatable bonds is 8. The standard InChI is InChI=1S/C28H41N3/c1-17(2)25-15-12-16-26(18(3)4)28(25)31-24(10)22(8)29-21(7)23(9)30-27-19(5)13-11-14-20(27)6/h11-18,21-22,29H,1-10H3. The first kappa shape index (κ1) is 25.0. The Hall–Kier alpha value is -2.26. The van der Waals surface area contributed by atoms with Gasteiger partial charge in [-0.05, 0) is 75.6 Å². The zero-order valence-corrected chi connectivity index (χ0v) is 21.2. The van der Waals surface area contributed by atoms with Crippen molar-refractivity contribution in [2.75, 3.05) is 0 Å². The number of nitrogens with zero attached hydrogens (tertiary/aromatic N) is 2. The first-order chi connectivity index (χ1) is 14.5. The van der Waals surface area contributed by atoms with Crippen molar-refractivity contribution in [2.45, 2.75) is 93.2 Å². The Kier molecular flexibility index (Phi) is 8.76. The number of aliphatic imine (C=N–C) groups is 2. The van der Waals surface area contributed by atoms with Crippen LogP contribution in [0.5, 0.6) is 0 Å². The maximum absolute atomic E-state index is 5.14. The summed E-state index contributed by atoms with van der Waals surface area (Å²) in [5, 5.41) is 3.69. The highest BCUT2D eigenvalue weighted by atomic mass is 15.0. The molecule has 0 bridgehead atoms. The second-order valence-electron chi connectivity index (χ2n) is 9.45. The summed E-state index contributed by atoms with van der Waals surface area (Å²) in [6.07, 6.45) is 0. The average molecular weight is 420 g/mol. The molecule has 2 atom stereocenters. The molecule has 3 heteroatoms. The molecule has 0 saturated carbocycles. The fourth-order valence-corrected chi connectivity index (χ4v) is 3.79. The Balaban J connectivity index is 2.27. The van der Waals surface area contributed by atoms with E-state index in [-0.39, 0.29) is 12.1 Å². The van der Waals surface area contributed by atoms with E-state index in [4.69, 9.17) is 9.98 Å². The van der Waals surface area contributed by atoms with Gasteiger partial charge < -0.3 is 5.32 Å². The number of para-hydroxylation sites is 2. The molecular formula is C28H41N3. The van der Waals surface area contributed by atoms with Crippen LogP contribution in [0.2, 0.25) is 0 Å². The van der Waals surface area contributed by atoms with Crippen molar-refractivity contribution in [1.82, 2.24) is 5.32 Å². The zero-order chi connectivity index (χ0) is 23.3. The predicted octanol–water partition coefficient (Wildman–Crippen LogP) is 7.80. The van der Waals surface area contributed by atoms with Crippen LogP contribution in [0.3, 0.4) is 0 Å². The van der Waals surface area contributed by atoms with Crippen LogP contribution in [0, 0.1) is 13.8 Å². The highest BCUT2D eigenvalue weighted by Crippen LogP contribution is 2.35. The van der Waals surface area contributed by atoms with Crippen LogP contribution < -0.4 is 5.32 Å². The van der Waals surface area contributed by atoms with Crippen LogP contribution in [-0.2, 0) is 0 Å².